The van der Waals surface area contributed by atoms with Crippen LogP contribution in [0.3, 0.4) is 0 Å². The number of rotatable bonds is 2. The Morgan fingerprint density at radius 2 is 2.05 bits per heavy atom. The molecule has 0 unspecified atom stereocenters. The normalized spacial score (nSPS) is 10.3. The van der Waals surface area contributed by atoms with Gasteiger partial charge in [-0.2, -0.15) is 5.26 Å². The fourth-order valence-corrected chi connectivity index (χ4v) is 2.79. The van der Waals surface area contributed by atoms with Crippen LogP contribution < -0.4 is 5.32 Å². The highest BCUT2D eigenvalue weighted by Crippen LogP contribution is 2.29. The summed E-state index contributed by atoms with van der Waals surface area (Å²) in [4.78, 5) is 4.53. The average Bonchev–Trinajstić information content (AvgIpc) is 2.83. The quantitative estimate of drug-likeness (QED) is 0.754. The van der Waals surface area contributed by atoms with Crippen molar-refractivity contribution in [3.8, 4) is 6.07 Å². The minimum absolute atomic E-state index is 0.673. The molecule has 0 spiro atoms. The molecule has 1 N–H and O–H groups in total. The summed E-state index contributed by atoms with van der Waals surface area (Å²) in [5.41, 5.74) is 3.70. The molecule has 19 heavy (non-hydrogen) atoms. The number of fused-ring (bicyclic) bond motifs is 1. The highest BCUT2D eigenvalue weighted by atomic mass is 32.1. The number of hydrogen-bond donors (Lipinski definition) is 1. The molecule has 3 aromatic rings. The highest BCUT2D eigenvalue weighted by Gasteiger charge is 2.05. The van der Waals surface area contributed by atoms with Crippen molar-refractivity contribution < 1.29 is 0 Å². The fraction of sp³-hybridized carbons (Fsp3) is 0.0667. The lowest BCUT2D eigenvalue weighted by Gasteiger charge is -2.06. The zero-order chi connectivity index (χ0) is 13.2. The molecule has 1 heterocycles. The van der Waals surface area contributed by atoms with Gasteiger partial charge in [-0.3, -0.25) is 0 Å². The van der Waals surface area contributed by atoms with Crippen LogP contribution in [0.15, 0.2) is 42.5 Å². The molecule has 0 radical (unpaired) electrons. The van der Waals surface area contributed by atoms with E-state index in [4.69, 9.17) is 5.26 Å². The lowest BCUT2D eigenvalue weighted by Crippen LogP contribution is -1.92. The SMILES string of the molecule is Cc1cc(C#N)ccc1Nc1nc2ccccc2s1. The number of benzene rings is 2. The van der Waals surface area contributed by atoms with Gasteiger partial charge in [-0.25, -0.2) is 4.98 Å². The largest absolute Gasteiger partial charge is 0.331 e. The number of aryl methyl sites for hydroxylation is 1. The molecule has 3 rings (SSSR count). The molecule has 0 saturated carbocycles. The Morgan fingerprint density at radius 1 is 1.21 bits per heavy atom. The first-order valence-corrected chi connectivity index (χ1v) is 6.71. The number of aromatic nitrogens is 1. The van der Waals surface area contributed by atoms with Crippen molar-refractivity contribution in [3.63, 3.8) is 0 Å². The molecule has 0 aliphatic carbocycles. The van der Waals surface area contributed by atoms with Gasteiger partial charge in [-0.15, -0.1) is 0 Å². The molecule has 1 aromatic heterocycles. The number of hydrogen-bond acceptors (Lipinski definition) is 4. The number of thiazole rings is 1. The first-order chi connectivity index (χ1) is 9.26. The van der Waals surface area contributed by atoms with Crippen molar-refractivity contribution in [3.05, 3.63) is 53.6 Å². The summed E-state index contributed by atoms with van der Waals surface area (Å²) < 4.78 is 1.16. The maximum Gasteiger partial charge on any atom is 0.188 e. The highest BCUT2D eigenvalue weighted by molar-refractivity contribution is 7.22. The van der Waals surface area contributed by atoms with Gasteiger partial charge in [-0.05, 0) is 42.8 Å². The van der Waals surface area contributed by atoms with Crippen molar-refractivity contribution in [2.75, 3.05) is 5.32 Å². The van der Waals surface area contributed by atoms with Crippen molar-refractivity contribution in [2.45, 2.75) is 6.92 Å². The predicted octanol–water partition coefficient (Wildman–Crippen LogP) is 4.22. The van der Waals surface area contributed by atoms with E-state index in [0.717, 1.165) is 26.6 Å². The third kappa shape index (κ3) is 2.28. The molecule has 0 bridgehead atoms. The van der Waals surface area contributed by atoms with Crippen LogP contribution in [0.2, 0.25) is 0 Å². The van der Waals surface area contributed by atoms with Crippen molar-refractivity contribution >= 4 is 32.4 Å². The van der Waals surface area contributed by atoms with Gasteiger partial charge >= 0.3 is 0 Å². The lowest BCUT2D eigenvalue weighted by molar-refractivity contribution is 1.38. The summed E-state index contributed by atoms with van der Waals surface area (Å²) in [5.74, 6) is 0. The second kappa shape index (κ2) is 4.71. The van der Waals surface area contributed by atoms with Crippen molar-refractivity contribution in [1.29, 1.82) is 5.26 Å². The second-order valence-corrected chi connectivity index (χ2v) is 5.28. The number of nitrogens with zero attached hydrogens (tertiary/aromatic N) is 2. The van der Waals surface area contributed by atoms with Crippen LogP contribution in [0.25, 0.3) is 10.2 Å². The van der Waals surface area contributed by atoms with Gasteiger partial charge in [-0.1, -0.05) is 23.5 Å². The van der Waals surface area contributed by atoms with Gasteiger partial charge in [0, 0.05) is 5.69 Å². The predicted molar refractivity (Wildman–Crippen MR) is 78.8 cm³/mol. The monoisotopic (exact) mass is 265 g/mol. The van der Waals surface area contributed by atoms with Crippen LogP contribution in [0.4, 0.5) is 10.8 Å². The van der Waals surface area contributed by atoms with Gasteiger partial charge < -0.3 is 5.32 Å². The van der Waals surface area contributed by atoms with Crippen LogP contribution in [0, 0.1) is 18.3 Å². The Balaban J connectivity index is 1.94. The second-order valence-electron chi connectivity index (χ2n) is 4.25. The van der Waals surface area contributed by atoms with E-state index in [1.54, 1.807) is 11.3 Å². The van der Waals surface area contributed by atoms with E-state index in [-0.39, 0.29) is 0 Å². The summed E-state index contributed by atoms with van der Waals surface area (Å²) in [6.45, 7) is 1.98. The van der Waals surface area contributed by atoms with E-state index in [2.05, 4.69) is 22.4 Å². The lowest BCUT2D eigenvalue weighted by atomic mass is 10.1. The van der Waals surface area contributed by atoms with Crippen LogP contribution in [0.1, 0.15) is 11.1 Å². The van der Waals surface area contributed by atoms with Crippen molar-refractivity contribution in [2.24, 2.45) is 0 Å². The van der Waals surface area contributed by atoms with Gasteiger partial charge in [0.15, 0.2) is 5.13 Å². The summed E-state index contributed by atoms with van der Waals surface area (Å²) in [6, 6.07) is 15.8. The molecule has 4 heteroatoms. The Kier molecular flexibility index (Phi) is 2.90. The number of anilines is 2. The minimum atomic E-state index is 0.673. The number of para-hydroxylation sites is 1. The molecule has 0 amide bonds. The zero-order valence-corrected chi connectivity index (χ0v) is 11.2. The average molecular weight is 265 g/mol. The molecule has 2 aromatic carbocycles. The molecular weight excluding hydrogens is 254 g/mol. The molecule has 3 nitrogen and oxygen atoms in total. The molecule has 0 atom stereocenters. The maximum atomic E-state index is 8.86. The molecule has 0 aliphatic heterocycles. The third-order valence-electron chi connectivity index (χ3n) is 2.89. The first-order valence-electron chi connectivity index (χ1n) is 5.89. The van der Waals surface area contributed by atoms with Crippen LogP contribution in [-0.2, 0) is 0 Å². The Labute approximate surface area is 115 Å². The molecule has 0 saturated heterocycles. The smallest absolute Gasteiger partial charge is 0.188 e. The standard InChI is InChI=1S/C15H11N3S/c1-10-8-11(9-16)6-7-12(10)17-15-18-13-4-2-3-5-14(13)19-15/h2-8H,1H3,(H,17,18). The number of nitrogens with one attached hydrogen (secondary N) is 1. The number of nitriles is 1. The fourth-order valence-electron chi connectivity index (χ4n) is 1.91. The van der Waals surface area contributed by atoms with Crippen LogP contribution in [-0.4, -0.2) is 4.98 Å². The molecular formula is C15H11N3S. The van der Waals surface area contributed by atoms with E-state index in [9.17, 15) is 0 Å². The summed E-state index contributed by atoms with van der Waals surface area (Å²) in [6.07, 6.45) is 0. The Hall–Kier alpha value is -2.38. The first kappa shape index (κ1) is 11.7. The van der Waals surface area contributed by atoms with Crippen LogP contribution >= 0.6 is 11.3 Å². The third-order valence-corrected chi connectivity index (χ3v) is 3.84. The van der Waals surface area contributed by atoms with E-state index >= 15 is 0 Å². The van der Waals surface area contributed by atoms with Gasteiger partial charge in [0.2, 0.25) is 0 Å². The molecule has 0 aliphatic rings. The Morgan fingerprint density at radius 3 is 2.79 bits per heavy atom. The topological polar surface area (TPSA) is 48.7 Å². The summed E-state index contributed by atoms with van der Waals surface area (Å²) in [7, 11) is 0. The summed E-state index contributed by atoms with van der Waals surface area (Å²) >= 11 is 1.62. The Bertz CT molecular complexity index is 750. The minimum Gasteiger partial charge on any atom is -0.331 e. The summed E-state index contributed by atoms with van der Waals surface area (Å²) in [5, 5.41) is 13.0. The van der Waals surface area contributed by atoms with E-state index < -0.39 is 0 Å². The zero-order valence-electron chi connectivity index (χ0n) is 10.3. The van der Waals surface area contributed by atoms with E-state index in [0.29, 0.717) is 5.56 Å². The van der Waals surface area contributed by atoms with E-state index in [1.807, 2.05) is 43.3 Å². The maximum absolute atomic E-state index is 8.86. The van der Waals surface area contributed by atoms with Gasteiger partial charge in [0.05, 0.1) is 21.8 Å². The molecule has 0 fully saturated rings. The van der Waals surface area contributed by atoms with Crippen molar-refractivity contribution in [1.82, 2.24) is 4.98 Å². The molecule has 92 valence electrons. The van der Waals surface area contributed by atoms with Crippen LogP contribution in [0.5, 0.6) is 0 Å². The van der Waals surface area contributed by atoms with Gasteiger partial charge in [0.1, 0.15) is 0 Å². The van der Waals surface area contributed by atoms with E-state index in [1.165, 1.54) is 0 Å². The van der Waals surface area contributed by atoms with Gasteiger partial charge in [0.25, 0.3) is 0 Å².